The van der Waals surface area contributed by atoms with Crippen molar-refractivity contribution in [3.63, 3.8) is 0 Å². The molecule has 0 aliphatic rings. The molecule has 0 aromatic rings. The van der Waals surface area contributed by atoms with Crippen LogP contribution in [0, 0.1) is 0 Å². The van der Waals surface area contributed by atoms with Gasteiger partial charge in [0.05, 0.1) is 0 Å². The van der Waals surface area contributed by atoms with Gasteiger partial charge < -0.3 is 4.79 Å². The van der Waals surface area contributed by atoms with Crippen molar-refractivity contribution in [1.29, 1.82) is 0 Å². The average molecular weight is 186 g/mol. The summed E-state index contributed by atoms with van der Waals surface area (Å²) in [5, 5.41) is 0. The van der Waals surface area contributed by atoms with Crippen molar-refractivity contribution >= 4 is 5.78 Å². The molecule has 0 amide bonds. The van der Waals surface area contributed by atoms with Crippen molar-refractivity contribution in [2.24, 2.45) is 0 Å². The van der Waals surface area contributed by atoms with Gasteiger partial charge in [0.15, 0.2) is 0 Å². The second-order valence-electron chi connectivity index (χ2n) is 3.51. The summed E-state index contributed by atoms with van der Waals surface area (Å²) in [6.45, 7) is 8.11. The molecule has 0 aliphatic heterocycles. The molecule has 13 heavy (non-hydrogen) atoms. The first-order chi connectivity index (χ1) is 6.18. The summed E-state index contributed by atoms with van der Waals surface area (Å²) < 4.78 is 0. The van der Waals surface area contributed by atoms with E-state index in [2.05, 4.69) is 13.8 Å². The maximum atomic E-state index is 10.0. The molecule has 0 aliphatic carbocycles. The number of carbonyl (C=O) groups is 1. The summed E-state index contributed by atoms with van der Waals surface area (Å²) >= 11 is 0. The fourth-order valence-electron chi connectivity index (χ4n) is 1.03. The Morgan fingerprint density at radius 1 is 0.846 bits per heavy atom. The van der Waals surface area contributed by atoms with Crippen LogP contribution in [-0.4, -0.2) is 5.78 Å². The van der Waals surface area contributed by atoms with Crippen LogP contribution in [0.3, 0.4) is 0 Å². The van der Waals surface area contributed by atoms with E-state index in [9.17, 15) is 4.79 Å². The van der Waals surface area contributed by atoms with Crippen LogP contribution in [0.5, 0.6) is 0 Å². The fraction of sp³-hybridized carbons (Fsp3) is 0.917. The molecule has 1 nitrogen and oxygen atoms in total. The van der Waals surface area contributed by atoms with Crippen molar-refractivity contribution in [2.75, 3.05) is 0 Å². The third kappa shape index (κ3) is 24.5. The van der Waals surface area contributed by atoms with Crippen LogP contribution in [0.15, 0.2) is 0 Å². The lowest BCUT2D eigenvalue weighted by Gasteiger charge is -1.90. The highest BCUT2D eigenvalue weighted by atomic mass is 16.1. The Hall–Kier alpha value is -0.330. The fourth-order valence-corrected chi connectivity index (χ4v) is 1.03. The maximum absolute atomic E-state index is 10.0. The molecule has 0 bridgehead atoms. The number of carbonyl (C=O) groups excluding carboxylic acids is 1. The van der Waals surface area contributed by atoms with Crippen molar-refractivity contribution in [3.8, 4) is 0 Å². The molecular formula is C12H26O. The number of rotatable bonds is 6. The van der Waals surface area contributed by atoms with Crippen LogP contribution < -0.4 is 0 Å². The summed E-state index contributed by atoms with van der Waals surface area (Å²) in [6.07, 6.45) is 8.73. The van der Waals surface area contributed by atoms with E-state index >= 15 is 0 Å². The molecule has 0 atom stereocenters. The van der Waals surface area contributed by atoms with Crippen LogP contribution in [0.25, 0.3) is 0 Å². The Kier molecular flexibility index (Phi) is 16.6. The molecule has 0 unspecified atom stereocenters. The minimum absolute atomic E-state index is 0.289. The summed E-state index contributed by atoms with van der Waals surface area (Å²) in [5.41, 5.74) is 0. The zero-order valence-electron chi connectivity index (χ0n) is 9.86. The van der Waals surface area contributed by atoms with Crippen LogP contribution in [-0.2, 0) is 4.79 Å². The average Bonchev–Trinajstić information content (AvgIpc) is 2.06. The SMILES string of the molecule is CCCC(C)=O.CCCCCCC. The molecule has 0 fully saturated rings. The molecule has 0 N–H and O–H groups in total. The highest BCUT2D eigenvalue weighted by Crippen LogP contribution is 2.00. The second-order valence-corrected chi connectivity index (χ2v) is 3.51. The molecule has 1 heteroatoms. The molecule has 0 saturated carbocycles. The van der Waals surface area contributed by atoms with Gasteiger partial charge in [-0.15, -0.1) is 0 Å². The summed E-state index contributed by atoms with van der Waals surface area (Å²) in [6, 6.07) is 0. The highest BCUT2D eigenvalue weighted by Gasteiger charge is 1.83. The Bertz CT molecular complexity index is 93.3. The van der Waals surface area contributed by atoms with Crippen molar-refractivity contribution in [3.05, 3.63) is 0 Å². The minimum atomic E-state index is 0.289. The Labute approximate surface area is 83.9 Å². The van der Waals surface area contributed by atoms with E-state index in [1.165, 1.54) is 32.1 Å². The van der Waals surface area contributed by atoms with Gasteiger partial charge in [-0.2, -0.15) is 0 Å². The largest absolute Gasteiger partial charge is 0.300 e. The van der Waals surface area contributed by atoms with Gasteiger partial charge in [0, 0.05) is 6.42 Å². The third-order valence-corrected chi connectivity index (χ3v) is 1.81. The molecule has 0 aromatic heterocycles. The van der Waals surface area contributed by atoms with E-state index in [0.29, 0.717) is 0 Å². The van der Waals surface area contributed by atoms with Crippen molar-refractivity contribution in [2.45, 2.75) is 72.6 Å². The second kappa shape index (κ2) is 14.2. The van der Waals surface area contributed by atoms with Gasteiger partial charge in [-0.1, -0.05) is 52.9 Å². The number of ketones is 1. The molecule has 0 rings (SSSR count). The Morgan fingerprint density at radius 2 is 1.31 bits per heavy atom. The van der Waals surface area contributed by atoms with Gasteiger partial charge in [-0.25, -0.2) is 0 Å². The lowest BCUT2D eigenvalue weighted by atomic mass is 10.2. The minimum Gasteiger partial charge on any atom is -0.300 e. The zero-order chi connectivity index (χ0) is 10.5. The summed E-state index contributed by atoms with van der Waals surface area (Å²) in [4.78, 5) is 10.0. The van der Waals surface area contributed by atoms with Crippen LogP contribution >= 0.6 is 0 Å². The van der Waals surface area contributed by atoms with E-state index in [0.717, 1.165) is 12.8 Å². The highest BCUT2D eigenvalue weighted by molar-refractivity contribution is 5.75. The summed E-state index contributed by atoms with van der Waals surface area (Å²) in [5.74, 6) is 0.289. The van der Waals surface area contributed by atoms with Crippen molar-refractivity contribution < 1.29 is 4.79 Å². The standard InChI is InChI=1S/C7H16.C5H10O/c1-3-5-7-6-4-2;1-3-4-5(2)6/h3-7H2,1-2H3;3-4H2,1-2H3. The normalized spacial score (nSPS) is 8.92. The quantitative estimate of drug-likeness (QED) is 0.563. The smallest absolute Gasteiger partial charge is 0.129 e. The van der Waals surface area contributed by atoms with Crippen LogP contribution in [0.2, 0.25) is 0 Å². The van der Waals surface area contributed by atoms with Gasteiger partial charge in [-0.3, -0.25) is 0 Å². The van der Waals surface area contributed by atoms with E-state index in [4.69, 9.17) is 0 Å². The Morgan fingerprint density at radius 3 is 1.46 bits per heavy atom. The van der Waals surface area contributed by atoms with Crippen molar-refractivity contribution in [1.82, 2.24) is 0 Å². The molecule has 0 radical (unpaired) electrons. The number of hydrogen-bond donors (Lipinski definition) is 0. The molecule has 0 heterocycles. The first kappa shape index (κ1) is 15.2. The van der Waals surface area contributed by atoms with E-state index < -0.39 is 0 Å². The van der Waals surface area contributed by atoms with Crippen LogP contribution in [0.1, 0.15) is 72.6 Å². The summed E-state index contributed by atoms with van der Waals surface area (Å²) in [7, 11) is 0. The maximum Gasteiger partial charge on any atom is 0.129 e. The lowest BCUT2D eigenvalue weighted by molar-refractivity contribution is -0.117. The molecule has 80 valence electrons. The zero-order valence-corrected chi connectivity index (χ0v) is 9.86. The van der Waals surface area contributed by atoms with E-state index in [-0.39, 0.29) is 5.78 Å². The molecule has 0 saturated heterocycles. The molecule has 0 spiro atoms. The molecule has 0 aromatic carbocycles. The number of hydrogen-bond acceptors (Lipinski definition) is 1. The predicted molar refractivity (Wildman–Crippen MR) is 60.0 cm³/mol. The van der Waals surface area contributed by atoms with Gasteiger partial charge in [0.25, 0.3) is 0 Å². The predicted octanol–water partition coefficient (Wildman–Crippen LogP) is 4.35. The van der Waals surface area contributed by atoms with E-state index in [1.807, 2.05) is 6.92 Å². The number of unbranched alkanes of at least 4 members (excludes halogenated alkanes) is 4. The monoisotopic (exact) mass is 186 g/mol. The van der Waals surface area contributed by atoms with Gasteiger partial charge in [0.1, 0.15) is 5.78 Å². The van der Waals surface area contributed by atoms with E-state index in [1.54, 1.807) is 6.92 Å². The van der Waals surface area contributed by atoms with Gasteiger partial charge in [-0.05, 0) is 13.3 Å². The lowest BCUT2D eigenvalue weighted by Crippen LogP contribution is -1.84. The molecular weight excluding hydrogens is 160 g/mol. The van der Waals surface area contributed by atoms with Crippen LogP contribution in [0.4, 0.5) is 0 Å². The number of Topliss-reactive ketones (excluding diaryl/α,β-unsaturated/α-hetero) is 1. The Balaban J connectivity index is 0. The topological polar surface area (TPSA) is 17.1 Å². The van der Waals surface area contributed by atoms with Gasteiger partial charge >= 0.3 is 0 Å². The first-order valence-electron chi connectivity index (χ1n) is 5.68. The third-order valence-electron chi connectivity index (χ3n) is 1.81. The van der Waals surface area contributed by atoms with Gasteiger partial charge in [0.2, 0.25) is 0 Å². The first-order valence-corrected chi connectivity index (χ1v) is 5.68.